The summed E-state index contributed by atoms with van der Waals surface area (Å²) in [5, 5.41) is 6.37. The van der Waals surface area contributed by atoms with Crippen molar-refractivity contribution in [1.82, 2.24) is 15.6 Å². The SMILES string of the molecule is CNCCOC.CNCCOc1c(C=O)cc(Cc2ccc(C=O)nc2)c(C)c1Cl. The minimum atomic E-state index is 0.385. The minimum absolute atomic E-state index is 0.385. The van der Waals surface area contributed by atoms with Crippen LogP contribution >= 0.6 is 11.6 Å². The molecule has 0 aliphatic carbocycles. The van der Waals surface area contributed by atoms with E-state index in [-0.39, 0.29) is 0 Å². The second kappa shape index (κ2) is 14.6. The highest BCUT2D eigenvalue weighted by atomic mass is 35.5. The lowest BCUT2D eigenvalue weighted by Crippen LogP contribution is -2.17. The van der Waals surface area contributed by atoms with Gasteiger partial charge in [0.15, 0.2) is 12.6 Å². The summed E-state index contributed by atoms with van der Waals surface area (Å²) in [6.07, 6.45) is 3.66. The molecule has 0 aliphatic heterocycles. The first-order valence-corrected chi connectivity index (χ1v) is 9.98. The predicted molar refractivity (Wildman–Crippen MR) is 119 cm³/mol. The zero-order valence-electron chi connectivity index (χ0n) is 18.0. The van der Waals surface area contributed by atoms with Crippen LogP contribution in [0.2, 0.25) is 5.02 Å². The van der Waals surface area contributed by atoms with Crippen LogP contribution in [0.15, 0.2) is 24.4 Å². The van der Waals surface area contributed by atoms with Crippen LogP contribution in [-0.2, 0) is 11.2 Å². The molecule has 0 radical (unpaired) electrons. The molecule has 0 amide bonds. The van der Waals surface area contributed by atoms with Crippen LogP contribution in [0.3, 0.4) is 0 Å². The Morgan fingerprint density at radius 2 is 1.80 bits per heavy atom. The number of likely N-dealkylation sites (N-methyl/N-ethyl adjacent to an activating group) is 2. The van der Waals surface area contributed by atoms with E-state index >= 15 is 0 Å². The molecule has 30 heavy (non-hydrogen) atoms. The summed E-state index contributed by atoms with van der Waals surface area (Å²) in [5.41, 5.74) is 3.52. The van der Waals surface area contributed by atoms with Crippen molar-refractivity contribution < 1.29 is 19.1 Å². The van der Waals surface area contributed by atoms with E-state index in [1.165, 1.54) is 0 Å². The van der Waals surface area contributed by atoms with Crippen LogP contribution in [-0.4, -0.2) is 65.1 Å². The molecule has 0 spiro atoms. The molecule has 0 unspecified atom stereocenters. The molecule has 0 atom stereocenters. The molecule has 1 aromatic carbocycles. The zero-order chi connectivity index (χ0) is 22.4. The Morgan fingerprint density at radius 3 is 2.30 bits per heavy atom. The van der Waals surface area contributed by atoms with Crippen LogP contribution in [0.1, 0.15) is 37.5 Å². The molecular weight excluding hydrogens is 406 g/mol. The number of ether oxygens (including phenoxy) is 2. The molecule has 2 rings (SSSR count). The third-order valence-electron chi connectivity index (χ3n) is 4.25. The number of halogens is 1. The fourth-order valence-corrected chi connectivity index (χ4v) is 2.79. The molecule has 7 nitrogen and oxygen atoms in total. The van der Waals surface area contributed by atoms with Gasteiger partial charge in [-0.1, -0.05) is 17.7 Å². The lowest BCUT2D eigenvalue weighted by atomic mass is 9.98. The first kappa shape index (κ1) is 25.7. The first-order valence-electron chi connectivity index (χ1n) is 9.60. The highest BCUT2D eigenvalue weighted by molar-refractivity contribution is 6.33. The van der Waals surface area contributed by atoms with Crippen LogP contribution in [0.25, 0.3) is 0 Å². The molecule has 164 valence electrons. The second-order valence-electron chi connectivity index (χ2n) is 6.45. The van der Waals surface area contributed by atoms with Crippen molar-refractivity contribution in [3.05, 3.63) is 57.4 Å². The maximum absolute atomic E-state index is 11.4. The highest BCUT2D eigenvalue weighted by Gasteiger charge is 2.15. The van der Waals surface area contributed by atoms with Crippen LogP contribution < -0.4 is 15.4 Å². The smallest absolute Gasteiger partial charge is 0.168 e. The number of nitrogens with one attached hydrogen (secondary N) is 2. The van der Waals surface area contributed by atoms with Gasteiger partial charge in [-0.25, -0.2) is 0 Å². The molecule has 0 fully saturated rings. The van der Waals surface area contributed by atoms with Gasteiger partial charge in [-0.05, 0) is 56.3 Å². The van der Waals surface area contributed by atoms with E-state index < -0.39 is 0 Å². The average molecular weight is 436 g/mol. The third-order valence-corrected chi connectivity index (χ3v) is 4.70. The monoisotopic (exact) mass is 435 g/mol. The second-order valence-corrected chi connectivity index (χ2v) is 6.82. The summed E-state index contributed by atoms with van der Waals surface area (Å²) < 4.78 is 10.4. The Bertz CT molecular complexity index is 794. The average Bonchev–Trinajstić information content (AvgIpc) is 2.77. The normalized spacial score (nSPS) is 10.2. The minimum Gasteiger partial charge on any atom is -0.490 e. The highest BCUT2D eigenvalue weighted by Crippen LogP contribution is 2.34. The molecule has 2 aromatic rings. The quantitative estimate of drug-likeness (QED) is 0.414. The van der Waals surface area contributed by atoms with Crippen LogP contribution in [0, 0.1) is 6.92 Å². The van der Waals surface area contributed by atoms with E-state index in [1.54, 1.807) is 25.4 Å². The van der Waals surface area contributed by atoms with Gasteiger partial charge in [0.2, 0.25) is 0 Å². The number of hydrogen-bond acceptors (Lipinski definition) is 7. The summed E-state index contributed by atoms with van der Waals surface area (Å²) in [7, 11) is 5.42. The molecule has 2 N–H and O–H groups in total. The van der Waals surface area contributed by atoms with Crippen molar-refractivity contribution in [3.8, 4) is 5.75 Å². The van der Waals surface area contributed by atoms with Gasteiger partial charge in [-0.3, -0.25) is 14.6 Å². The topological polar surface area (TPSA) is 89.5 Å². The summed E-state index contributed by atoms with van der Waals surface area (Å²) in [6.45, 7) is 4.72. The molecule has 1 heterocycles. The number of aromatic nitrogens is 1. The van der Waals surface area contributed by atoms with Crippen molar-refractivity contribution in [1.29, 1.82) is 0 Å². The van der Waals surface area contributed by atoms with Gasteiger partial charge in [0.25, 0.3) is 0 Å². The Kier molecular flexibility index (Phi) is 12.5. The fourth-order valence-electron chi connectivity index (χ4n) is 2.51. The predicted octanol–water partition coefficient (Wildman–Crippen LogP) is 2.71. The number of rotatable bonds is 11. The molecule has 0 saturated heterocycles. The van der Waals surface area contributed by atoms with Crippen molar-refractivity contribution in [2.75, 3.05) is 47.5 Å². The summed E-state index contributed by atoms with van der Waals surface area (Å²) in [5.74, 6) is 0.414. The Labute approximate surface area is 183 Å². The van der Waals surface area contributed by atoms with E-state index in [9.17, 15) is 9.59 Å². The van der Waals surface area contributed by atoms with Gasteiger partial charge in [0.1, 0.15) is 18.1 Å². The number of methoxy groups -OCH3 is 1. The zero-order valence-corrected chi connectivity index (χ0v) is 18.7. The van der Waals surface area contributed by atoms with Gasteiger partial charge in [-0.2, -0.15) is 0 Å². The largest absolute Gasteiger partial charge is 0.490 e. The van der Waals surface area contributed by atoms with Crippen LogP contribution in [0.4, 0.5) is 0 Å². The van der Waals surface area contributed by atoms with E-state index in [1.807, 2.05) is 27.1 Å². The van der Waals surface area contributed by atoms with E-state index in [4.69, 9.17) is 21.1 Å². The standard InChI is InChI=1S/C18H19ClN2O3.C4H11NO/c1-12-14(7-13-3-4-16(11-23)21-9-13)8-15(10-22)18(17(12)19)24-6-5-20-2;1-5-3-4-6-2/h3-4,8-11,20H,5-7H2,1-2H3;5H,3-4H2,1-2H3. The Balaban J connectivity index is 0.000000656. The molecule has 0 bridgehead atoms. The van der Waals surface area contributed by atoms with Crippen molar-refractivity contribution in [3.63, 3.8) is 0 Å². The van der Waals surface area contributed by atoms with Crippen molar-refractivity contribution in [2.45, 2.75) is 13.3 Å². The Hall–Kier alpha value is -2.32. The number of aldehydes is 2. The summed E-state index contributed by atoms with van der Waals surface area (Å²) >= 11 is 6.41. The number of carbonyl (C=O) groups is 2. The Morgan fingerprint density at radius 1 is 1.10 bits per heavy atom. The maximum Gasteiger partial charge on any atom is 0.168 e. The molecule has 0 aliphatic rings. The van der Waals surface area contributed by atoms with Crippen molar-refractivity contribution >= 4 is 24.2 Å². The van der Waals surface area contributed by atoms with Crippen molar-refractivity contribution in [2.24, 2.45) is 0 Å². The van der Waals surface area contributed by atoms with Gasteiger partial charge >= 0.3 is 0 Å². The lowest BCUT2D eigenvalue weighted by Gasteiger charge is -2.15. The molecule has 0 saturated carbocycles. The maximum atomic E-state index is 11.4. The van der Waals surface area contributed by atoms with Crippen LogP contribution in [0.5, 0.6) is 5.75 Å². The first-order chi connectivity index (χ1) is 14.5. The summed E-state index contributed by atoms with van der Waals surface area (Å²) in [4.78, 5) is 26.1. The van der Waals surface area contributed by atoms with Gasteiger partial charge < -0.3 is 20.1 Å². The summed E-state index contributed by atoms with van der Waals surface area (Å²) in [6, 6.07) is 5.29. The molecular formula is C22H30ClN3O4. The van der Waals surface area contributed by atoms with E-state index in [2.05, 4.69) is 15.6 Å². The number of benzene rings is 1. The lowest BCUT2D eigenvalue weighted by molar-refractivity contribution is 0.111. The number of nitrogens with zero attached hydrogens (tertiary/aromatic N) is 1. The third kappa shape index (κ3) is 8.20. The molecule has 8 heteroatoms. The van der Waals surface area contributed by atoms with E-state index in [0.717, 1.165) is 36.1 Å². The van der Waals surface area contributed by atoms with Gasteiger partial charge in [0.05, 0.1) is 17.2 Å². The van der Waals surface area contributed by atoms with Gasteiger partial charge in [-0.15, -0.1) is 0 Å². The number of pyridine rings is 1. The van der Waals surface area contributed by atoms with Gasteiger partial charge in [0, 0.05) is 26.4 Å². The number of carbonyl (C=O) groups excluding carboxylic acids is 2. The molecule has 1 aromatic heterocycles. The fraction of sp³-hybridized carbons (Fsp3) is 0.409. The van der Waals surface area contributed by atoms with E-state index in [0.29, 0.717) is 47.9 Å². The number of hydrogen-bond donors (Lipinski definition) is 2.